The van der Waals surface area contributed by atoms with Crippen LogP contribution in [0.2, 0.25) is 18.1 Å². The largest absolute Gasteiger partial charge is 0.544 e. The predicted molar refractivity (Wildman–Crippen MR) is 245 cm³/mol. The average molecular weight is 921 g/mol. The Labute approximate surface area is 380 Å². The number of ether oxygens (including phenoxy) is 3. The van der Waals surface area contributed by atoms with Gasteiger partial charge in [-0.2, -0.15) is 0 Å². The lowest BCUT2D eigenvalue weighted by atomic mass is 10.1. The first-order valence-corrected chi connectivity index (χ1v) is 24.5. The summed E-state index contributed by atoms with van der Waals surface area (Å²) in [6, 6.07) is 12.2. The van der Waals surface area contributed by atoms with Crippen LogP contribution in [-0.4, -0.2) is 101 Å². The molecular formula is C46H64N6O12Si. The molecule has 0 fully saturated rings. The second-order valence-electron chi connectivity index (χ2n) is 19.9. The Kier molecular flexibility index (Phi) is 14.0. The van der Waals surface area contributed by atoms with Crippen molar-refractivity contribution in [2.75, 3.05) is 6.61 Å². The van der Waals surface area contributed by atoms with Gasteiger partial charge in [0.1, 0.15) is 22.7 Å². The molecule has 2 N–H and O–H groups in total. The number of fused-ring (bicyclic) bond motifs is 2. The number of carboxylic acid groups (broad SMARTS) is 1. The molecule has 0 spiro atoms. The number of benzene rings is 2. The van der Waals surface area contributed by atoms with Gasteiger partial charge in [0.25, 0.3) is 0 Å². The number of hydrogen-bond acceptors (Lipinski definition) is 11. The van der Waals surface area contributed by atoms with Crippen molar-refractivity contribution in [2.24, 2.45) is 0 Å². The Hall–Kier alpha value is -6.24. The van der Waals surface area contributed by atoms with E-state index in [9.17, 15) is 39.0 Å². The van der Waals surface area contributed by atoms with Crippen molar-refractivity contribution in [2.45, 2.75) is 151 Å². The third-order valence-electron chi connectivity index (χ3n) is 11.4. The normalized spacial score (nSPS) is 16.4. The lowest BCUT2D eigenvalue weighted by molar-refractivity contribution is 0.00844. The molecule has 2 aromatic carbocycles. The Balaban J connectivity index is 0.000000253. The molecule has 0 bridgehead atoms. The lowest BCUT2D eigenvalue weighted by Crippen LogP contribution is -2.48. The number of carboxylic acids is 1. The summed E-state index contributed by atoms with van der Waals surface area (Å²) in [4.78, 5) is 80.1. The molecule has 2 aliphatic heterocycles. The highest BCUT2D eigenvalue weighted by Crippen LogP contribution is 2.37. The first kappa shape index (κ1) is 49.8. The summed E-state index contributed by atoms with van der Waals surface area (Å²) < 4.78 is 28.1. The van der Waals surface area contributed by atoms with E-state index in [0.29, 0.717) is 17.1 Å². The van der Waals surface area contributed by atoms with Crippen LogP contribution >= 0.6 is 0 Å². The summed E-state index contributed by atoms with van der Waals surface area (Å²) in [6.07, 6.45) is -1.05. The second-order valence-corrected chi connectivity index (χ2v) is 24.6. The molecule has 65 heavy (non-hydrogen) atoms. The molecule has 354 valence electrons. The maximum absolute atomic E-state index is 13.6. The van der Waals surface area contributed by atoms with Crippen molar-refractivity contribution in [3.05, 3.63) is 92.3 Å². The molecule has 2 aliphatic rings. The smallest absolute Gasteiger partial charge is 0.410 e. The summed E-state index contributed by atoms with van der Waals surface area (Å²) in [7, 11) is -2.04. The van der Waals surface area contributed by atoms with Crippen molar-refractivity contribution >= 4 is 32.4 Å². The molecular weight excluding hydrogens is 857 g/mol. The van der Waals surface area contributed by atoms with E-state index in [1.54, 1.807) is 77.0 Å². The molecule has 2 atom stereocenters. The lowest BCUT2D eigenvalue weighted by Gasteiger charge is -2.36. The van der Waals surface area contributed by atoms with Gasteiger partial charge in [0, 0.05) is 13.1 Å². The van der Waals surface area contributed by atoms with E-state index >= 15 is 0 Å². The van der Waals surface area contributed by atoms with Crippen LogP contribution in [0.3, 0.4) is 0 Å². The fraction of sp³-hybridized carbons (Fsp3) is 0.522. The first-order valence-electron chi connectivity index (χ1n) is 21.6. The summed E-state index contributed by atoms with van der Waals surface area (Å²) in [5, 5.41) is 19.3. The van der Waals surface area contributed by atoms with Crippen LogP contribution in [0.1, 0.15) is 115 Å². The van der Waals surface area contributed by atoms with E-state index in [-0.39, 0.29) is 78.4 Å². The topological polar surface area (TPSA) is 206 Å². The minimum absolute atomic E-state index is 0.00219. The summed E-state index contributed by atoms with van der Waals surface area (Å²) >= 11 is 0. The number of rotatable bonds is 7. The fourth-order valence-electron chi connectivity index (χ4n) is 7.18. The molecule has 2 unspecified atom stereocenters. The van der Waals surface area contributed by atoms with E-state index in [1.807, 2.05) is 19.1 Å². The van der Waals surface area contributed by atoms with E-state index in [2.05, 4.69) is 33.9 Å². The zero-order valence-corrected chi connectivity index (χ0v) is 41.0. The minimum Gasteiger partial charge on any atom is -0.544 e. The maximum atomic E-state index is 13.6. The maximum Gasteiger partial charge on any atom is 0.410 e. The number of esters is 1. The van der Waals surface area contributed by atoms with Gasteiger partial charge in [0.15, 0.2) is 11.4 Å². The number of carbonyl (C=O) groups is 4. The SMILES string of the molecule is CC1Cn2c(c(C(=O)O)n(-c3ccc(O)cc3)c2=O)CN1C(=O)OC(C)(C)C.CCOC(=O)c1c2n(c(=O)n1-c1ccc(O[Si](C)(C)C(C)(C)C)cc1)CC(C)N(C(=O)OC(C)(C)C)C2. The fourth-order valence-corrected chi connectivity index (χ4v) is 8.22. The first-order chi connectivity index (χ1) is 30.0. The van der Waals surface area contributed by atoms with Gasteiger partial charge < -0.3 is 28.8 Å². The van der Waals surface area contributed by atoms with Crippen molar-refractivity contribution < 1.29 is 48.0 Å². The Morgan fingerprint density at radius 1 is 0.677 bits per heavy atom. The van der Waals surface area contributed by atoms with Crippen LogP contribution in [0.15, 0.2) is 58.1 Å². The molecule has 0 radical (unpaired) electrons. The quantitative estimate of drug-likeness (QED) is 0.105. The molecule has 2 amide bonds. The van der Waals surface area contributed by atoms with Gasteiger partial charge in [-0.05, 0) is 129 Å². The molecule has 2 aromatic heterocycles. The summed E-state index contributed by atoms with van der Waals surface area (Å²) in [5.74, 6) is -1.18. The van der Waals surface area contributed by atoms with Crippen LogP contribution in [0, 0.1) is 0 Å². The van der Waals surface area contributed by atoms with Crippen molar-refractivity contribution in [3.63, 3.8) is 0 Å². The number of carbonyl (C=O) groups excluding carboxylic acids is 3. The average Bonchev–Trinajstić information content (AvgIpc) is 3.62. The van der Waals surface area contributed by atoms with Crippen molar-refractivity contribution in [1.29, 1.82) is 0 Å². The van der Waals surface area contributed by atoms with Gasteiger partial charge in [-0.25, -0.2) is 28.8 Å². The van der Waals surface area contributed by atoms with Gasteiger partial charge in [-0.3, -0.25) is 28.1 Å². The molecule has 4 aromatic rings. The van der Waals surface area contributed by atoms with E-state index in [1.165, 1.54) is 38.3 Å². The molecule has 18 nitrogen and oxygen atoms in total. The van der Waals surface area contributed by atoms with E-state index < -0.39 is 49.3 Å². The third kappa shape index (κ3) is 10.8. The third-order valence-corrected chi connectivity index (χ3v) is 15.8. The van der Waals surface area contributed by atoms with Gasteiger partial charge in [-0.1, -0.05) is 20.8 Å². The van der Waals surface area contributed by atoms with E-state index in [4.69, 9.17) is 18.6 Å². The Morgan fingerprint density at radius 2 is 1.08 bits per heavy atom. The van der Waals surface area contributed by atoms with Crippen LogP contribution in [0.25, 0.3) is 11.4 Å². The Morgan fingerprint density at radius 3 is 1.46 bits per heavy atom. The van der Waals surface area contributed by atoms with Crippen molar-refractivity contribution in [3.8, 4) is 22.9 Å². The van der Waals surface area contributed by atoms with E-state index in [0.717, 1.165) is 10.3 Å². The molecule has 0 saturated carbocycles. The molecule has 4 heterocycles. The number of amides is 2. The zero-order chi connectivity index (χ0) is 48.7. The highest BCUT2D eigenvalue weighted by molar-refractivity contribution is 6.74. The second kappa shape index (κ2) is 18.3. The van der Waals surface area contributed by atoms with Gasteiger partial charge in [0.05, 0.1) is 54.5 Å². The molecule has 0 saturated heterocycles. The monoisotopic (exact) mass is 920 g/mol. The number of imidazole rings is 2. The van der Waals surface area contributed by atoms with Crippen LogP contribution < -0.4 is 15.8 Å². The highest BCUT2D eigenvalue weighted by atomic mass is 28.4. The number of aromatic carboxylic acids is 1. The molecule has 0 aliphatic carbocycles. The number of aromatic hydroxyl groups is 1. The van der Waals surface area contributed by atoms with Gasteiger partial charge >= 0.3 is 35.5 Å². The number of aromatic nitrogens is 4. The predicted octanol–water partition coefficient (Wildman–Crippen LogP) is 7.52. The van der Waals surface area contributed by atoms with Crippen molar-refractivity contribution in [1.82, 2.24) is 28.1 Å². The summed E-state index contributed by atoms with van der Waals surface area (Å²) in [5.41, 5.74) is -0.822. The number of hydrogen-bond donors (Lipinski definition) is 2. The number of phenols is 1. The number of nitrogens with zero attached hydrogens (tertiary/aromatic N) is 6. The molecule has 19 heteroatoms. The molecule has 6 rings (SSSR count). The standard InChI is InChI=1S/C27H41N3O6Si.C19H23N3O6/c1-11-34-23(31)22-21-17-28(25(33)35-26(3,4)5)18(2)16-29(21)24(32)30(22)19-12-14-20(15-13-19)36-37(9,10)27(6,7)8;1-11-9-21-14(10-20(11)18(27)28-19(2,3)4)15(16(24)25)22(17(21)26)12-5-7-13(23)8-6-12/h12-15,18H,11,16-17H2,1-10H3;5-8,11,23H,9-10H2,1-4H3,(H,24,25). The number of phenolic OH excluding ortho intramolecular Hbond substituents is 1. The van der Waals surface area contributed by atoms with Gasteiger partial charge in [0.2, 0.25) is 8.32 Å². The highest BCUT2D eigenvalue weighted by Gasteiger charge is 2.40. The van der Waals surface area contributed by atoms with Crippen LogP contribution in [0.4, 0.5) is 9.59 Å². The minimum atomic E-state index is -2.04. The van der Waals surface area contributed by atoms with Crippen LogP contribution in [-0.2, 0) is 40.4 Å². The zero-order valence-electron chi connectivity index (χ0n) is 40.0. The van der Waals surface area contributed by atoms with Gasteiger partial charge in [-0.15, -0.1) is 0 Å². The summed E-state index contributed by atoms with van der Waals surface area (Å²) in [6.45, 7) is 27.4. The Bertz CT molecular complexity index is 2550. The van der Waals surface area contributed by atoms with Crippen LogP contribution in [0.5, 0.6) is 11.5 Å².